The van der Waals surface area contributed by atoms with Gasteiger partial charge in [0.1, 0.15) is 27.4 Å². The van der Waals surface area contributed by atoms with Gasteiger partial charge < -0.3 is 41.4 Å². The second-order valence-electron chi connectivity index (χ2n) is 9.56. The molecule has 0 N–H and O–H groups in total. The third kappa shape index (κ3) is 7.27. The SMILES string of the molecule is COc1cc(OC)c2c(=O)c(OCCCSc3nnc(OS(=O)(=O)c4ccccc4Br)o3)c(-c3cc(OC)c(OC)c(OC)c3)oc2c1. The number of halogens is 1. The molecule has 0 saturated carbocycles. The molecule has 5 aromatic rings. The average Bonchev–Trinajstić information content (AvgIpc) is 3.53. The average molecular weight is 766 g/mol. The van der Waals surface area contributed by atoms with Gasteiger partial charge in [-0.15, -0.1) is 0 Å². The van der Waals surface area contributed by atoms with Crippen LogP contribution in [0.15, 0.2) is 76.8 Å². The fourth-order valence-electron chi connectivity index (χ4n) is 4.52. The second kappa shape index (κ2) is 15.1. The maximum absolute atomic E-state index is 14.0. The van der Waals surface area contributed by atoms with Crippen LogP contribution in [-0.2, 0) is 10.1 Å². The van der Waals surface area contributed by atoms with E-state index in [-0.39, 0.29) is 45.0 Å². The van der Waals surface area contributed by atoms with E-state index >= 15 is 0 Å². The zero-order valence-electron chi connectivity index (χ0n) is 26.2. The predicted molar refractivity (Wildman–Crippen MR) is 178 cm³/mol. The number of ether oxygens (including phenoxy) is 6. The Hall–Kier alpha value is -4.61. The second-order valence-corrected chi connectivity index (χ2v) is 13.0. The van der Waals surface area contributed by atoms with Crippen LogP contribution in [0.5, 0.6) is 40.6 Å². The molecule has 0 amide bonds. The summed E-state index contributed by atoms with van der Waals surface area (Å²) >= 11 is 4.33. The first kappa shape index (κ1) is 34.7. The van der Waals surface area contributed by atoms with Gasteiger partial charge in [-0.25, -0.2) is 0 Å². The number of methoxy groups -OCH3 is 5. The lowest BCUT2D eigenvalue weighted by Crippen LogP contribution is -2.12. The van der Waals surface area contributed by atoms with Crippen LogP contribution >= 0.6 is 27.7 Å². The maximum Gasteiger partial charge on any atom is 0.431 e. The van der Waals surface area contributed by atoms with Gasteiger partial charge in [-0.1, -0.05) is 34.1 Å². The Morgan fingerprint density at radius 3 is 2.19 bits per heavy atom. The summed E-state index contributed by atoms with van der Waals surface area (Å²) in [6.45, 7) is 0.0765. The molecule has 14 nitrogen and oxygen atoms in total. The number of hydrogen-bond donors (Lipinski definition) is 0. The normalized spacial score (nSPS) is 11.3. The van der Waals surface area contributed by atoms with Gasteiger partial charge in [0, 0.05) is 27.9 Å². The van der Waals surface area contributed by atoms with E-state index < -0.39 is 21.6 Å². The van der Waals surface area contributed by atoms with Crippen molar-refractivity contribution in [3.05, 3.63) is 63.2 Å². The van der Waals surface area contributed by atoms with Gasteiger partial charge in [-0.2, -0.15) is 8.42 Å². The van der Waals surface area contributed by atoms with Crippen molar-refractivity contribution in [2.45, 2.75) is 16.5 Å². The van der Waals surface area contributed by atoms with Gasteiger partial charge in [-0.05, 0) is 46.6 Å². The number of fused-ring (bicyclic) bond motifs is 1. The molecule has 0 aliphatic heterocycles. The lowest BCUT2D eigenvalue weighted by Gasteiger charge is -2.16. The number of aromatic nitrogens is 2. The van der Waals surface area contributed by atoms with Crippen molar-refractivity contribution in [3.8, 4) is 51.9 Å². The van der Waals surface area contributed by atoms with Gasteiger partial charge in [0.25, 0.3) is 5.22 Å². The molecular weight excluding hydrogens is 736 g/mol. The fourth-order valence-corrected chi connectivity index (χ4v) is 6.97. The molecule has 0 unspecified atom stereocenters. The molecule has 5 rings (SSSR count). The number of thioether (sulfide) groups is 1. The lowest BCUT2D eigenvalue weighted by molar-refractivity contribution is 0.308. The van der Waals surface area contributed by atoms with Crippen LogP contribution in [0, 0.1) is 0 Å². The van der Waals surface area contributed by atoms with Crippen molar-refractivity contribution in [1.82, 2.24) is 10.2 Å². The Balaban J connectivity index is 1.37. The van der Waals surface area contributed by atoms with Crippen molar-refractivity contribution < 1.29 is 49.9 Å². The highest BCUT2D eigenvalue weighted by Crippen LogP contribution is 2.44. The van der Waals surface area contributed by atoms with Crippen molar-refractivity contribution in [2.24, 2.45) is 0 Å². The van der Waals surface area contributed by atoms with Crippen LogP contribution in [0.25, 0.3) is 22.3 Å². The molecule has 254 valence electrons. The zero-order chi connectivity index (χ0) is 34.4. The van der Waals surface area contributed by atoms with Crippen molar-refractivity contribution in [2.75, 3.05) is 47.9 Å². The summed E-state index contributed by atoms with van der Waals surface area (Å²) in [6.07, 6.45) is -0.122. The van der Waals surface area contributed by atoms with E-state index in [9.17, 15) is 13.2 Å². The van der Waals surface area contributed by atoms with Gasteiger partial charge >= 0.3 is 16.2 Å². The van der Waals surface area contributed by atoms with Crippen LogP contribution in [0.4, 0.5) is 0 Å². The molecule has 0 radical (unpaired) electrons. The maximum atomic E-state index is 14.0. The van der Waals surface area contributed by atoms with Crippen LogP contribution in [0.1, 0.15) is 6.42 Å². The third-order valence-electron chi connectivity index (χ3n) is 6.71. The minimum Gasteiger partial charge on any atom is -0.496 e. The molecule has 0 aliphatic carbocycles. The monoisotopic (exact) mass is 764 g/mol. The highest BCUT2D eigenvalue weighted by atomic mass is 79.9. The van der Waals surface area contributed by atoms with Crippen LogP contribution in [0.2, 0.25) is 0 Å². The van der Waals surface area contributed by atoms with E-state index in [4.69, 9.17) is 41.4 Å². The van der Waals surface area contributed by atoms with E-state index in [0.29, 0.717) is 45.2 Å². The fraction of sp³-hybridized carbons (Fsp3) is 0.258. The quantitative estimate of drug-likeness (QED) is 0.0693. The molecule has 0 fully saturated rings. The van der Waals surface area contributed by atoms with Gasteiger partial charge in [0.15, 0.2) is 17.3 Å². The number of benzene rings is 3. The highest BCUT2D eigenvalue weighted by molar-refractivity contribution is 9.10. The summed E-state index contributed by atoms with van der Waals surface area (Å²) in [4.78, 5) is 13.9. The predicted octanol–water partition coefficient (Wildman–Crippen LogP) is 5.98. The van der Waals surface area contributed by atoms with Crippen LogP contribution in [-0.4, -0.2) is 66.5 Å². The molecule has 0 bridgehead atoms. The number of rotatable bonds is 15. The first-order valence-corrected chi connectivity index (χ1v) is 17.1. The van der Waals surface area contributed by atoms with Gasteiger partial charge in [-0.3, -0.25) is 4.79 Å². The van der Waals surface area contributed by atoms with E-state index in [1.807, 2.05) is 0 Å². The van der Waals surface area contributed by atoms with E-state index in [1.165, 1.54) is 41.6 Å². The first-order valence-electron chi connectivity index (χ1n) is 13.9. The summed E-state index contributed by atoms with van der Waals surface area (Å²) in [6, 6.07) is 12.6. The number of nitrogens with zero attached hydrogens (tertiary/aromatic N) is 2. The Morgan fingerprint density at radius 1 is 0.833 bits per heavy atom. The van der Waals surface area contributed by atoms with Crippen molar-refractivity contribution in [1.29, 1.82) is 0 Å². The Labute approximate surface area is 287 Å². The molecular formula is C31H29BrN2O12S2. The summed E-state index contributed by atoms with van der Waals surface area (Å²) in [5.41, 5.74) is 0.154. The molecule has 2 heterocycles. The van der Waals surface area contributed by atoms with E-state index in [1.54, 1.807) is 42.5 Å². The molecule has 48 heavy (non-hydrogen) atoms. The lowest BCUT2D eigenvalue weighted by atomic mass is 10.1. The van der Waals surface area contributed by atoms with Crippen molar-refractivity contribution >= 4 is 48.8 Å². The largest absolute Gasteiger partial charge is 0.496 e. The molecule has 3 aromatic carbocycles. The minimum absolute atomic E-state index is 0.0732. The third-order valence-corrected chi connectivity index (χ3v) is 9.82. The molecule has 0 spiro atoms. The molecule has 0 saturated heterocycles. The summed E-state index contributed by atoms with van der Waals surface area (Å²) in [7, 11) is 3.14. The number of hydrogen-bond acceptors (Lipinski definition) is 15. The molecule has 2 aromatic heterocycles. The minimum atomic E-state index is -4.21. The standard InChI is InChI=1S/C31H29BrN2O12S2/c1-38-18-15-20(39-2)25-21(16-18)44-27(17-13-22(40-3)28(42-5)23(14-17)41-4)29(26(25)35)43-11-8-12-47-31-34-33-30(45-31)46-48(36,37)24-10-7-6-9-19(24)32/h6-7,9-10,13-16H,8,11-12H2,1-5H3. The Morgan fingerprint density at radius 2 is 1.54 bits per heavy atom. The molecule has 0 atom stereocenters. The summed E-state index contributed by atoms with van der Waals surface area (Å²) < 4.78 is 75.6. The van der Waals surface area contributed by atoms with Crippen LogP contribution in [0.3, 0.4) is 0 Å². The smallest absolute Gasteiger partial charge is 0.431 e. The molecule has 17 heteroatoms. The zero-order valence-corrected chi connectivity index (χ0v) is 29.4. The first-order chi connectivity index (χ1) is 23.1. The Kier molecular flexibility index (Phi) is 10.9. The molecule has 0 aliphatic rings. The summed E-state index contributed by atoms with van der Waals surface area (Å²) in [5.74, 6) is 2.14. The summed E-state index contributed by atoms with van der Waals surface area (Å²) in [5, 5.41) is 7.74. The van der Waals surface area contributed by atoms with Crippen LogP contribution < -0.4 is 38.0 Å². The highest BCUT2D eigenvalue weighted by Gasteiger charge is 2.25. The van der Waals surface area contributed by atoms with E-state index in [2.05, 4.69) is 26.1 Å². The van der Waals surface area contributed by atoms with E-state index in [0.717, 1.165) is 11.8 Å². The van der Waals surface area contributed by atoms with Gasteiger partial charge in [0.2, 0.25) is 16.9 Å². The van der Waals surface area contributed by atoms with Crippen molar-refractivity contribution in [3.63, 3.8) is 0 Å². The topological polar surface area (TPSA) is 168 Å². The van der Waals surface area contributed by atoms with Gasteiger partial charge in [0.05, 0.1) is 42.2 Å². The Bertz CT molecular complexity index is 2070.